The van der Waals surface area contributed by atoms with Crippen molar-refractivity contribution in [3.8, 4) is 22.8 Å². The lowest BCUT2D eigenvalue weighted by Gasteiger charge is -2.13. The van der Waals surface area contributed by atoms with Gasteiger partial charge >= 0.3 is 0 Å². The first kappa shape index (κ1) is 22.0. The summed E-state index contributed by atoms with van der Waals surface area (Å²) >= 11 is 5.22. The zero-order valence-corrected chi connectivity index (χ0v) is 18.6. The van der Waals surface area contributed by atoms with Gasteiger partial charge in [0.1, 0.15) is 0 Å². The number of nitrogens with zero attached hydrogens (tertiary/aromatic N) is 1. The smallest absolute Gasteiger partial charge is 0.271 e. The molecule has 3 N–H and O–H groups in total. The fraction of sp³-hybridized carbons (Fsp3) is 0.174. The van der Waals surface area contributed by atoms with E-state index >= 15 is 0 Å². The molecule has 0 bridgehead atoms. The van der Waals surface area contributed by atoms with Crippen molar-refractivity contribution in [3.05, 3.63) is 71.4 Å². The molecule has 160 valence electrons. The number of methoxy groups -OCH3 is 2. The molecule has 1 heterocycles. The number of ether oxygens (including phenoxy) is 2. The summed E-state index contributed by atoms with van der Waals surface area (Å²) in [5.41, 5.74) is 9.89. The van der Waals surface area contributed by atoms with E-state index in [2.05, 4.69) is 21.2 Å². The van der Waals surface area contributed by atoms with Crippen LogP contribution >= 0.6 is 12.2 Å². The molecule has 0 spiro atoms. The molecule has 0 fully saturated rings. The number of amides is 1. The second-order valence-electron chi connectivity index (χ2n) is 6.80. The van der Waals surface area contributed by atoms with E-state index in [4.69, 9.17) is 21.7 Å². The molecule has 2 aromatic carbocycles. The van der Waals surface area contributed by atoms with Crippen LogP contribution in [0.1, 0.15) is 21.6 Å². The predicted octanol–water partition coefficient (Wildman–Crippen LogP) is 4.01. The highest BCUT2D eigenvalue weighted by molar-refractivity contribution is 7.80. The van der Waals surface area contributed by atoms with Gasteiger partial charge in [-0.25, -0.2) is 0 Å². The summed E-state index contributed by atoms with van der Waals surface area (Å²) in [7, 11) is 3.17. The van der Waals surface area contributed by atoms with Crippen LogP contribution in [0, 0.1) is 13.8 Å². The highest BCUT2D eigenvalue weighted by Gasteiger charge is 2.13. The predicted molar refractivity (Wildman–Crippen MR) is 126 cm³/mol. The second-order valence-corrected chi connectivity index (χ2v) is 7.21. The van der Waals surface area contributed by atoms with E-state index in [0.717, 1.165) is 22.5 Å². The van der Waals surface area contributed by atoms with Crippen molar-refractivity contribution in [2.75, 3.05) is 19.5 Å². The fourth-order valence-electron chi connectivity index (χ4n) is 2.94. The molecule has 0 atom stereocenters. The molecule has 3 aromatic rings. The van der Waals surface area contributed by atoms with Gasteiger partial charge in [-0.3, -0.25) is 20.6 Å². The number of carbonyl (C=O) groups is 1. The zero-order chi connectivity index (χ0) is 22.4. The molecule has 0 saturated carbocycles. The van der Waals surface area contributed by atoms with Crippen molar-refractivity contribution in [1.29, 1.82) is 0 Å². The number of hydrazine groups is 1. The SMILES string of the molecule is COc1ccc(-c2ccc(C(=O)NNC(=S)Nc3ccc(C)cc3)c(C)n2)cc1OC. The van der Waals surface area contributed by atoms with Crippen molar-refractivity contribution in [2.45, 2.75) is 13.8 Å². The maximum Gasteiger partial charge on any atom is 0.271 e. The average Bonchev–Trinajstić information content (AvgIpc) is 2.78. The summed E-state index contributed by atoms with van der Waals surface area (Å²) in [6.07, 6.45) is 0. The number of carbonyl (C=O) groups excluding carboxylic acids is 1. The Kier molecular flexibility index (Phi) is 7.04. The minimum absolute atomic E-state index is 0.282. The minimum atomic E-state index is -0.336. The van der Waals surface area contributed by atoms with Crippen LogP contribution in [-0.4, -0.2) is 30.2 Å². The summed E-state index contributed by atoms with van der Waals surface area (Å²) in [5.74, 6) is 0.914. The largest absolute Gasteiger partial charge is 0.493 e. The van der Waals surface area contributed by atoms with E-state index in [0.29, 0.717) is 22.8 Å². The molecular formula is C23H24N4O3S. The summed E-state index contributed by atoms with van der Waals surface area (Å²) in [4.78, 5) is 17.1. The Balaban J connectivity index is 1.66. The maximum atomic E-state index is 12.6. The van der Waals surface area contributed by atoms with Crippen molar-refractivity contribution < 1.29 is 14.3 Å². The zero-order valence-electron chi connectivity index (χ0n) is 17.8. The monoisotopic (exact) mass is 436 g/mol. The molecule has 0 aliphatic rings. The number of pyridine rings is 1. The number of thiocarbonyl (C=S) groups is 1. The number of anilines is 1. The molecule has 0 saturated heterocycles. The fourth-order valence-corrected chi connectivity index (χ4v) is 3.11. The first-order valence-electron chi connectivity index (χ1n) is 9.55. The Morgan fingerprint density at radius 1 is 0.903 bits per heavy atom. The third-order valence-corrected chi connectivity index (χ3v) is 4.81. The first-order valence-corrected chi connectivity index (χ1v) is 9.96. The van der Waals surface area contributed by atoms with Crippen molar-refractivity contribution >= 4 is 28.9 Å². The van der Waals surface area contributed by atoms with Crippen LogP contribution in [-0.2, 0) is 0 Å². The number of aromatic nitrogens is 1. The second kappa shape index (κ2) is 9.90. The molecule has 31 heavy (non-hydrogen) atoms. The van der Waals surface area contributed by atoms with Crippen molar-refractivity contribution in [1.82, 2.24) is 15.8 Å². The van der Waals surface area contributed by atoms with Crippen LogP contribution in [0.25, 0.3) is 11.3 Å². The van der Waals surface area contributed by atoms with Gasteiger partial charge in [0.15, 0.2) is 16.6 Å². The highest BCUT2D eigenvalue weighted by Crippen LogP contribution is 2.31. The lowest BCUT2D eigenvalue weighted by atomic mass is 10.1. The number of hydrogen-bond acceptors (Lipinski definition) is 5. The Hall–Kier alpha value is -3.65. The average molecular weight is 437 g/mol. The van der Waals surface area contributed by atoms with Gasteiger partial charge in [0.25, 0.3) is 5.91 Å². The van der Waals surface area contributed by atoms with Gasteiger partial charge in [-0.1, -0.05) is 17.7 Å². The topological polar surface area (TPSA) is 84.5 Å². The summed E-state index contributed by atoms with van der Waals surface area (Å²) in [6, 6.07) is 16.8. The summed E-state index contributed by atoms with van der Waals surface area (Å²) in [6.45, 7) is 3.79. The van der Waals surface area contributed by atoms with Gasteiger partial charge in [-0.2, -0.15) is 0 Å². The molecule has 1 amide bonds. The van der Waals surface area contributed by atoms with Crippen LogP contribution in [0.2, 0.25) is 0 Å². The molecule has 7 nitrogen and oxygen atoms in total. The summed E-state index contributed by atoms with van der Waals surface area (Å²) in [5, 5.41) is 3.29. The number of benzene rings is 2. The van der Waals surface area contributed by atoms with E-state index < -0.39 is 0 Å². The normalized spacial score (nSPS) is 10.2. The molecular weight excluding hydrogens is 412 g/mol. The standard InChI is InChI=1S/C23H24N4O3S/c1-14-5-8-17(9-6-14)25-23(31)27-26-22(28)18-10-11-19(24-15(18)2)16-7-12-20(29-3)21(13-16)30-4/h5-13H,1-4H3,(H,26,28)(H2,25,27,31). The Morgan fingerprint density at radius 2 is 1.61 bits per heavy atom. The van der Waals surface area contributed by atoms with Crippen molar-refractivity contribution in [2.24, 2.45) is 0 Å². The van der Waals surface area contributed by atoms with E-state index in [1.807, 2.05) is 49.4 Å². The van der Waals surface area contributed by atoms with Crippen LogP contribution in [0.15, 0.2) is 54.6 Å². The van der Waals surface area contributed by atoms with Gasteiger partial charge in [0.2, 0.25) is 0 Å². The molecule has 0 radical (unpaired) electrons. The Morgan fingerprint density at radius 3 is 2.26 bits per heavy atom. The molecule has 0 aliphatic carbocycles. The van der Waals surface area contributed by atoms with Gasteiger partial charge in [-0.15, -0.1) is 0 Å². The molecule has 0 unspecified atom stereocenters. The maximum absolute atomic E-state index is 12.6. The quantitative estimate of drug-likeness (QED) is 0.412. The van der Waals surface area contributed by atoms with Crippen LogP contribution < -0.4 is 25.6 Å². The number of rotatable bonds is 5. The van der Waals surface area contributed by atoms with E-state index in [-0.39, 0.29) is 11.0 Å². The highest BCUT2D eigenvalue weighted by atomic mass is 32.1. The first-order chi connectivity index (χ1) is 14.9. The minimum Gasteiger partial charge on any atom is -0.493 e. The number of nitrogens with one attached hydrogen (secondary N) is 3. The Bertz CT molecular complexity index is 1100. The van der Waals surface area contributed by atoms with Crippen LogP contribution in [0.4, 0.5) is 5.69 Å². The molecule has 8 heteroatoms. The van der Waals surface area contributed by atoms with E-state index in [1.54, 1.807) is 33.3 Å². The molecule has 3 rings (SSSR count). The summed E-state index contributed by atoms with van der Waals surface area (Å²) < 4.78 is 10.6. The molecule has 0 aliphatic heterocycles. The lowest BCUT2D eigenvalue weighted by molar-refractivity contribution is 0.0943. The van der Waals surface area contributed by atoms with Gasteiger partial charge in [0.05, 0.1) is 31.2 Å². The number of hydrogen-bond donors (Lipinski definition) is 3. The Labute approximate surface area is 186 Å². The van der Waals surface area contributed by atoms with Crippen LogP contribution in [0.3, 0.4) is 0 Å². The molecule has 1 aromatic heterocycles. The lowest BCUT2D eigenvalue weighted by Crippen LogP contribution is -2.44. The third-order valence-electron chi connectivity index (χ3n) is 4.61. The number of aryl methyl sites for hydroxylation is 2. The van der Waals surface area contributed by atoms with Gasteiger partial charge in [-0.05, 0) is 68.5 Å². The van der Waals surface area contributed by atoms with E-state index in [1.165, 1.54) is 0 Å². The third kappa shape index (κ3) is 5.49. The van der Waals surface area contributed by atoms with Gasteiger partial charge < -0.3 is 14.8 Å². The van der Waals surface area contributed by atoms with Crippen LogP contribution in [0.5, 0.6) is 11.5 Å². The van der Waals surface area contributed by atoms with E-state index in [9.17, 15) is 4.79 Å². The van der Waals surface area contributed by atoms with Gasteiger partial charge in [0, 0.05) is 11.3 Å². The van der Waals surface area contributed by atoms with Crippen molar-refractivity contribution in [3.63, 3.8) is 0 Å².